The minimum absolute atomic E-state index is 0.211. The van der Waals surface area contributed by atoms with Gasteiger partial charge >= 0.3 is 0 Å². The Labute approximate surface area is 83.6 Å². The van der Waals surface area contributed by atoms with Gasteiger partial charge < -0.3 is 10.3 Å². The van der Waals surface area contributed by atoms with Crippen molar-refractivity contribution in [3.63, 3.8) is 0 Å². The highest BCUT2D eigenvalue weighted by Gasteiger charge is 2.32. The lowest BCUT2D eigenvalue weighted by Gasteiger charge is -2.20. The molecule has 0 atom stereocenters. The average molecular weight is 189 g/mol. The lowest BCUT2D eigenvalue weighted by atomic mass is 9.94. The second-order valence-electron chi connectivity index (χ2n) is 4.38. The van der Waals surface area contributed by atoms with Gasteiger partial charge in [0.2, 0.25) is 0 Å². The largest absolute Gasteiger partial charge is 0.335 e. The molecule has 2 N–H and O–H groups in total. The first-order chi connectivity index (χ1) is 6.78. The zero-order valence-corrected chi connectivity index (χ0v) is 8.24. The maximum Gasteiger partial charge on any atom is 0.109 e. The first-order valence-corrected chi connectivity index (χ1v) is 5.28. The summed E-state index contributed by atoms with van der Waals surface area (Å²) in [6.45, 7) is 1.12. The van der Waals surface area contributed by atoms with Crippen LogP contribution in [-0.4, -0.2) is 9.55 Å². The number of aromatic nitrogens is 2. The van der Waals surface area contributed by atoms with Crippen LogP contribution in [0.15, 0.2) is 18.3 Å². The molecule has 0 saturated heterocycles. The highest BCUT2D eigenvalue weighted by atomic mass is 15.1. The first kappa shape index (κ1) is 8.24. The van der Waals surface area contributed by atoms with Crippen LogP contribution in [-0.2, 0) is 18.5 Å². The van der Waals surface area contributed by atoms with E-state index in [0.717, 1.165) is 31.5 Å². The van der Waals surface area contributed by atoms with Gasteiger partial charge in [-0.2, -0.15) is 0 Å². The highest BCUT2D eigenvalue weighted by Crippen LogP contribution is 2.32. The zero-order chi connectivity index (χ0) is 9.60. The Hall–Kier alpha value is -1.09. The van der Waals surface area contributed by atoms with Gasteiger partial charge in [0.05, 0.1) is 11.2 Å². The van der Waals surface area contributed by atoms with E-state index in [9.17, 15) is 0 Å². The van der Waals surface area contributed by atoms with E-state index >= 15 is 0 Å². The summed E-state index contributed by atoms with van der Waals surface area (Å²) < 4.78 is 2.25. The van der Waals surface area contributed by atoms with Crippen molar-refractivity contribution >= 4 is 0 Å². The molecule has 0 fully saturated rings. The van der Waals surface area contributed by atoms with Crippen LogP contribution in [0.5, 0.6) is 0 Å². The van der Waals surface area contributed by atoms with Gasteiger partial charge in [0, 0.05) is 19.2 Å². The Morgan fingerprint density at radius 3 is 2.86 bits per heavy atom. The number of aryl methyl sites for hydroxylation is 2. The molecule has 0 spiro atoms. The maximum atomic E-state index is 6.30. The average Bonchev–Trinajstić information content (AvgIpc) is 2.75. The van der Waals surface area contributed by atoms with Gasteiger partial charge in [-0.05, 0) is 19.3 Å². The molecule has 3 rings (SSSR count). The van der Waals surface area contributed by atoms with Gasteiger partial charge in [0.25, 0.3) is 0 Å². The molecule has 0 radical (unpaired) electrons. The summed E-state index contributed by atoms with van der Waals surface area (Å²) in [5, 5.41) is 0. The van der Waals surface area contributed by atoms with Crippen molar-refractivity contribution in [2.75, 3.05) is 0 Å². The van der Waals surface area contributed by atoms with Crippen LogP contribution >= 0.6 is 0 Å². The summed E-state index contributed by atoms with van der Waals surface area (Å²) in [5.74, 6) is 1.22. The number of hydrogen-bond donors (Lipinski definition) is 1. The number of fused-ring (bicyclic) bond motifs is 1. The summed E-state index contributed by atoms with van der Waals surface area (Å²) in [5.41, 5.74) is 7.17. The predicted octanol–water partition coefficient (Wildman–Crippen LogP) is 1.33. The molecular weight excluding hydrogens is 174 g/mol. The standard InChI is InChI=1S/C11H15N3/c12-11(5-1-2-6-11)9-8-14-7-3-4-10(14)13-9/h1-2,8H,3-7,12H2. The van der Waals surface area contributed by atoms with Crippen molar-refractivity contribution in [3.05, 3.63) is 29.9 Å². The number of nitrogens with zero attached hydrogens (tertiary/aromatic N) is 2. The summed E-state index contributed by atoms with van der Waals surface area (Å²) in [7, 11) is 0. The fourth-order valence-electron chi connectivity index (χ4n) is 2.37. The van der Waals surface area contributed by atoms with E-state index in [1.165, 1.54) is 12.2 Å². The van der Waals surface area contributed by atoms with Crippen molar-refractivity contribution in [3.8, 4) is 0 Å². The van der Waals surface area contributed by atoms with Crippen molar-refractivity contribution < 1.29 is 0 Å². The van der Waals surface area contributed by atoms with E-state index in [2.05, 4.69) is 27.9 Å². The second kappa shape index (κ2) is 2.70. The molecule has 14 heavy (non-hydrogen) atoms. The fourth-order valence-corrected chi connectivity index (χ4v) is 2.37. The molecule has 0 amide bonds. The van der Waals surface area contributed by atoms with Gasteiger partial charge in [-0.25, -0.2) is 4.98 Å². The van der Waals surface area contributed by atoms with Gasteiger partial charge in [-0.3, -0.25) is 0 Å². The maximum absolute atomic E-state index is 6.30. The van der Waals surface area contributed by atoms with Crippen molar-refractivity contribution in [2.45, 2.75) is 37.8 Å². The van der Waals surface area contributed by atoms with Crippen molar-refractivity contribution in [1.82, 2.24) is 9.55 Å². The SMILES string of the molecule is NC1(c2cn3c(n2)CCC3)CC=CC1. The third-order valence-corrected chi connectivity index (χ3v) is 3.30. The van der Waals surface area contributed by atoms with Crippen LogP contribution in [0.25, 0.3) is 0 Å². The normalized spacial score (nSPS) is 22.9. The predicted molar refractivity (Wildman–Crippen MR) is 54.8 cm³/mol. The molecule has 0 aromatic carbocycles. The molecule has 0 saturated carbocycles. The lowest BCUT2D eigenvalue weighted by molar-refractivity contribution is 0.465. The third kappa shape index (κ3) is 1.05. The molecule has 2 aliphatic rings. The monoisotopic (exact) mass is 189 g/mol. The molecule has 1 aromatic heterocycles. The van der Waals surface area contributed by atoms with Gasteiger partial charge in [-0.15, -0.1) is 0 Å². The quantitative estimate of drug-likeness (QED) is 0.677. The van der Waals surface area contributed by atoms with Gasteiger partial charge in [-0.1, -0.05) is 12.2 Å². The molecular formula is C11H15N3. The Balaban J connectivity index is 1.97. The molecule has 1 aliphatic heterocycles. The number of imidazole rings is 1. The summed E-state index contributed by atoms with van der Waals surface area (Å²) in [4.78, 5) is 4.64. The van der Waals surface area contributed by atoms with Crippen LogP contribution in [0.4, 0.5) is 0 Å². The number of rotatable bonds is 1. The van der Waals surface area contributed by atoms with Crippen molar-refractivity contribution in [1.29, 1.82) is 0 Å². The minimum atomic E-state index is -0.211. The van der Waals surface area contributed by atoms with E-state index in [1.54, 1.807) is 0 Å². The molecule has 3 nitrogen and oxygen atoms in total. The Morgan fingerprint density at radius 1 is 1.36 bits per heavy atom. The molecule has 74 valence electrons. The minimum Gasteiger partial charge on any atom is -0.335 e. The number of nitrogens with two attached hydrogens (primary N) is 1. The van der Waals surface area contributed by atoms with E-state index < -0.39 is 0 Å². The molecule has 0 unspecified atom stereocenters. The number of hydrogen-bond acceptors (Lipinski definition) is 2. The van der Waals surface area contributed by atoms with Crippen LogP contribution in [0.2, 0.25) is 0 Å². The molecule has 1 aromatic rings. The summed E-state index contributed by atoms with van der Waals surface area (Å²) in [6, 6.07) is 0. The van der Waals surface area contributed by atoms with Crippen LogP contribution in [0, 0.1) is 0 Å². The second-order valence-corrected chi connectivity index (χ2v) is 4.38. The molecule has 1 aliphatic carbocycles. The fraction of sp³-hybridized carbons (Fsp3) is 0.545. The zero-order valence-electron chi connectivity index (χ0n) is 8.24. The third-order valence-electron chi connectivity index (χ3n) is 3.30. The van der Waals surface area contributed by atoms with E-state index in [1.807, 2.05) is 0 Å². The molecule has 3 heteroatoms. The van der Waals surface area contributed by atoms with Crippen molar-refractivity contribution in [2.24, 2.45) is 5.73 Å². The Kier molecular flexibility index (Phi) is 1.59. The molecule has 2 heterocycles. The summed E-state index contributed by atoms with van der Waals surface area (Å²) in [6.07, 6.45) is 10.7. The van der Waals surface area contributed by atoms with Gasteiger partial charge in [0.1, 0.15) is 5.82 Å². The van der Waals surface area contributed by atoms with E-state index in [4.69, 9.17) is 5.73 Å². The van der Waals surface area contributed by atoms with Crippen LogP contribution in [0.1, 0.15) is 30.8 Å². The molecule has 0 bridgehead atoms. The lowest BCUT2D eigenvalue weighted by Crippen LogP contribution is -2.34. The Bertz CT molecular complexity index is 360. The van der Waals surface area contributed by atoms with E-state index in [0.29, 0.717) is 0 Å². The van der Waals surface area contributed by atoms with E-state index in [-0.39, 0.29) is 5.54 Å². The van der Waals surface area contributed by atoms with Crippen LogP contribution < -0.4 is 5.73 Å². The van der Waals surface area contributed by atoms with Crippen LogP contribution in [0.3, 0.4) is 0 Å². The first-order valence-electron chi connectivity index (χ1n) is 5.28. The topological polar surface area (TPSA) is 43.8 Å². The van der Waals surface area contributed by atoms with Gasteiger partial charge in [0.15, 0.2) is 0 Å². The highest BCUT2D eigenvalue weighted by molar-refractivity contribution is 5.22. The Morgan fingerprint density at radius 2 is 2.14 bits per heavy atom. The summed E-state index contributed by atoms with van der Waals surface area (Å²) >= 11 is 0. The smallest absolute Gasteiger partial charge is 0.109 e.